The van der Waals surface area contributed by atoms with E-state index >= 15 is 0 Å². The molecule has 3 rings (SSSR count). The van der Waals surface area contributed by atoms with Crippen molar-refractivity contribution in [2.45, 2.75) is 110 Å². The summed E-state index contributed by atoms with van der Waals surface area (Å²) in [7, 11) is 0. The van der Waals surface area contributed by atoms with Crippen LogP contribution in [0.1, 0.15) is 84.3 Å². The summed E-state index contributed by atoms with van der Waals surface area (Å²) in [5.74, 6) is -1.57. The molecule has 2 aliphatic rings. The Labute approximate surface area is 238 Å². The van der Waals surface area contributed by atoms with Gasteiger partial charge in [-0.15, -0.1) is 11.3 Å². The Bertz CT molecular complexity index is 997. The number of hydrogen-bond donors (Lipinski definition) is 3. The van der Waals surface area contributed by atoms with E-state index in [1.165, 1.54) is 0 Å². The average molecular weight is 649 g/mol. The Hall–Kier alpha value is -0.920. The van der Waals surface area contributed by atoms with Crippen LogP contribution in [-0.2, 0) is 25.6 Å². The second kappa shape index (κ2) is 12.5. The number of rotatable bonds is 4. The molecule has 2 fully saturated rings. The standard InChI is InChI=1S/C27H41IN2O6S/c1-15-8-7-9-27(6)21(36-27)11-19(16(2)10-18-14-37-22(30-18)13-29-28)35-23(32)12-20(31)26(4,5)25(34)17(3)24(15)33/h10,14-15,17,19-21,24,29,31,33H,7-9,11-13H2,1-6H3/b16-10+/t15-,17+,19-,20-,21-,24-,27+/m0/s1. The lowest BCUT2D eigenvalue weighted by Gasteiger charge is -2.34. The zero-order chi connectivity index (χ0) is 27.5. The van der Waals surface area contributed by atoms with E-state index < -0.39 is 35.6 Å². The predicted octanol–water partition coefficient (Wildman–Crippen LogP) is 4.61. The van der Waals surface area contributed by atoms with Gasteiger partial charge in [-0.05, 0) is 44.3 Å². The number of hydrogen-bond acceptors (Lipinski definition) is 9. The van der Waals surface area contributed by atoms with Gasteiger partial charge in [0.05, 0.1) is 48.0 Å². The van der Waals surface area contributed by atoms with Gasteiger partial charge in [0.15, 0.2) is 0 Å². The number of thiazole rings is 1. The van der Waals surface area contributed by atoms with Crippen molar-refractivity contribution in [1.29, 1.82) is 0 Å². The number of aliphatic hydroxyl groups excluding tert-OH is 2. The number of fused-ring (bicyclic) bond motifs is 1. The van der Waals surface area contributed by atoms with E-state index in [9.17, 15) is 19.8 Å². The maximum absolute atomic E-state index is 13.3. The van der Waals surface area contributed by atoms with Gasteiger partial charge in [-0.2, -0.15) is 0 Å². The molecule has 37 heavy (non-hydrogen) atoms. The van der Waals surface area contributed by atoms with Crippen LogP contribution in [-0.4, -0.2) is 57.0 Å². The zero-order valence-electron chi connectivity index (χ0n) is 22.6. The van der Waals surface area contributed by atoms with Crippen LogP contribution in [0, 0.1) is 17.3 Å². The third-order valence-electron chi connectivity index (χ3n) is 8.08. The van der Waals surface area contributed by atoms with Crippen molar-refractivity contribution < 1.29 is 29.3 Å². The molecule has 0 radical (unpaired) electrons. The number of carbonyl (C=O) groups is 2. The van der Waals surface area contributed by atoms with Crippen molar-refractivity contribution in [2.75, 3.05) is 0 Å². The van der Waals surface area contributed by atoms with E-state index in [1.54, 1.807) is 32.1 Å². The molecule has 2 aliphatic heterocycles. The largest absolute Gasteiger partial charge is 0.458 e. The molecule has 10 heteroatoms. The quantitative estimate of drug-likeness (QED) is 0.188. The Balaban J connectivity index is 1.84. The molecular formula is C27H41IN2O6S. The minimum Gasteiger partial charge on any atom is -0.458 e. The summed E-state index contributed by atoms with van der Waals surface area (Å²) < 4.78 is 15.0. The number of ether oxygens (including phenoxy) is 2. The fourth-order valence-corrected chi connectivity index (χ4v) is 6.46. The number of nitrogens with zero attached hydrogens (tertiary/aromatic N) is 1. The molecule has 0 spiro atoms. The fraction of sp³-hybridized carbons (Fsp3) is 0.741. The van der Waals surface area contributed by atoms with Gasteiger partial charge in [-0.25, -0.2) is 4.98 Å². The molecule has 3 N–H and O–H groups in total. The van der Waals surface area contributed by atoms with Gasteiger partial charge in [0.2, 0.25) is 0 Å². The second-order valence-electron chi connectivity index (χ2n) is 11.5. The van der Waals surface area contributed by atoms with Crippen LogP contribution >= 0.6 is 34.2 Å². The maximum atomic E-state index is 13.3. The molecule has 0 bridgehead atoms. The summed E-state index contributed by atoms with van der Waals surface area (Å²) in [5.41, 5.74) is 0.135. The molecule has 0 aromatic carbocycles. The van der Waals surface area contributed by atoms with Crippen molar-refractivity contribution in [3.8, 4) is 0 Å². The average Bonchev–Trinajstić information content (AvgIpc) is 3.24. The third-order valence-corrected chi connectivity index (χ3v) is 9.33. The smallest absolute Gasteiger partial charge is 0.309 e. The lowest BCUT2D eigenvalue weighted by Crippen LogP contribution is -2.45. The number of esters is 1. The van der Waals surface area contributed by atoms with Gasteiger partial charge in [0.1, 0.15) is 16.9 Å². The van der Waals surface area contributed by atoms with E-state index in [-0.39, 0.29) is 29.8 Å². The highest BCUT2D eigenvalue weighted by molar-refractivity contribution is 14.1. The molecule has 0 unspecified atom stereocenters. The highest BCUT2D eigenvalue weighted by Gasteiger charge is 2.53. The number of halogens is 1. The van der Waals surface area contributed by atoms with Gasteiger partial charge in [0, 0.05) is 40.6 Å². The van der Waals surface area contributed by atoms with Crippen molar-refractivity contribution in [2.24, 2.45) is 17.3 Å². The van der Waals surface area contributed by atoms with Crippen molar-refractivity contribution in [3.05, 3.63) is 21.7 Å². The first kappa shape index (κ1) is 30.6. The highest BCUT2D eigenvalue weighted by atomic mass is 127. The van der Waals surface area contributed by atoms with Crippen LogP contribution in [0.15, 0.2) is 11.0 Å². The molecule has 8 nitrogen and oxygen atoms in total. The number of Topliss-reactive ketones (excluding diaryl/α,β-unsaturated/α-hetero) is 1. The number of aromatic nitrogens is 1. The minimum absolute atomic E-state index is 0.0575. The molecule has 7 atom stereocenters. The van der Waals surface area contributed by atoms with Gasteiger partial charge < -0.3 is 19.7 Å². The van der Waals surface area contributed by atoms with Gasteiger partial charge >= 0.3 is 5.97 Å². The first-order valence-electron chi connectivity index (χ1n) is 13.0. The normalized spacial score (nSPS) is 36.1. The summed E-state index contributed by atoms with van der Waals surface area (Å²) >= 11 is 3.65. The number of cyclic esters (lactones) is 1. The predicted molar refractivity (Wildman–Crippen MR) is 152 cm³/mol. The Morgan fingerprint density at radius 2 is 2.00 bits per heavy atom. The lowest BCUT2D eigenvalue weighted by molar-refractivity contribution is -0.154. The first-order valence-corrected chi connectivity index (χ1v) is 15.0. The summed E-state index contributed by atoms with van der Waals surface area (Å²) in [5, 5.41) is 24.7. The minimum atomic E-state index is -1.24. The Morgan fingerprint density at radius 3 is 2.68 bits per heavy atom. The number of aliphatic hydroxyl groups is 2. The SMILES string of the molecule is C/C(=C\c1csc(CNI)n1)[C@@H]1C[C@@H]2O[C@]2(C)CCC[C@H](C)[C@H](O)[C@@H](C)C(=O)C(C)(C)[C@@H](O)CC(=O)O1. The summed E-state index contributed by atoms with van der Waals surface area (Å²) in [6.07, 6.45) is 1.91. The van der Waals surface area contributed by atoms with Crippen molar-refractivity contribution in [1.82, 2.24) is 8.51 Å². The molecule has 0 saturated carbocycles. The molecule has 0 aliphatic carbocycles. The number of epoxide rings is 1. The first-order chi connectivity index (χ1) is 17.3. The number of nitrogens with one attached hydrogen (secondary N) is 1. The summed E-state index contributed by atoms with van der Waals surface area (Å²) in [4.78, 5) is 30.9. The Morgan fingerprint density at radius 1 is 1.30 bits per heavy atom. The van der Waals surface area contributed by atoms with Crippen LogP contribution in [0.3, 0.4) is 0 Å². The second-order valence-corrected chi connectivity index (χ2v) is 13.2. The number of carbonyl (C=O) groups excluding carboxylic acids is 2. The molecule has 0 amide bonds. The molecule has 1 aromatic rings. The van der Waals surface area contributed by atoms with Gasteiger partial charge in [-0.3, -0.25) is 13.1 Å². The molecule has 208 valence electrons. The lowest BCUT2D eigenvalue weighted by atomic mass is 9.73. The van der Waals surface area contributed by atoms with E-state index in [1.807, 2.05) is 25.3 Å². The monoisotopic (exact) mass is 648 g/mol. The third kappa shape index (κ3) is 7.60. The van der Waals surface area contributed by atoms with Crippen LogP contribution < -0.4 is 3.53 Å². The Kier molecular flexibility index (Phi) is 10.3. The van der Waals surface area contributed by atoms with E-state index in [4.69, 9.17) is 9.47 Å². The summed E-state index contributed by atoms with van der Waals surface area (Å²) in [6, 6.07) is 0. The van der Waals surface area contributed by atoms with E-state index in [0.29, 0.717) is 13.0 Å². The van der Waals surface area contributed by atoms with E-state index in [0.717, 1.165) is 35.5 Å². The van der Waals surface area contributed by atoms with E-state index in [2.05, 4.69) is 38.3 Å². The molecule has 2 saturated heterocycles. The van der Waals surface area contributed by atoms with Crippen LogP contribution in [0.5, 0.6) is 0 Å². The maximum Gasteiger partial charge on any atom is 0.309 e. The zero-order valence-corrected chi connectivity index (χ0v) is 25.6. The highest BCUT2D eigenvalue weighted by Crippen LogP contribution is 2.45. The molecule has 3 heterocycles. The van der Waals surface area contributed by atoms with Gasteiger partial charge in [0.25, 0.3) is 0 Å². The van der Waals surface area contributed by atoms with Crippen LogP contribution in [0.25, 0.3) is 6.08 Å². The topological polar surface area (TPSA) is 121 Å². The molecular weight excluding hydrogens is 607 g/mol. The van der Waals surface area contributed by atoms with Crippen LogP contribution in [0.2, 0.25) is 0 Å². The number of ketones is 1. The van der Waals surface area contributed by atoms with Crippen LogP contribution in [0.4, 0.5) is 0 Å². The summed E-state index contributed by atoms with van der Waals surface area (Å²) in [6.45, 7) is 11.6. The fourth-order valence-electron chi connectivity index (χ4n) is 5.15. The van der Waals surface area contributed by atoms with Crippen molar-refractivity contribution >= 4 is 52.0 Å². The van der Waals surface area contributed by atoms with Crippen molar-refractivity contribution in [3.63, 3.8) is 0 Å². The molecule has 1 aromatic heterocycles. The van der Waals surface area contributed by atoms with Gasteiger partial charge in [-0.1, -0.05) is 34.1 Å².